The van der Waals surface area contributed by atoms with Crippen molar-refractivity contribution in [1.29, 1.82) is 0 Å². The van der Waals surface area contributed by atoms with Gasteiger partial charge in [0.15, 0.2) is 11.5 Å². The molecule has 0 radical (unpaired) electrons. The van der Waals surface area contributed by atoms with E-state index in [1.807, 2.05) is 25.1 Å². The summed E-state index contributed by atoms with van der Waals surface area (Å²) in [5, 5.41) is 14.8. The smallest absolute Gasteiger partial charge is 0.298 e. The second kappa shape index (κ2) is 7.07. The van der Waals surface area contributed by atoms with Gasteiger partial charge in [-0.3, -0.25) is 4.79 Å². The molecule has 0 saturated carbocycles. The van der Waals surface area contributed by atoms with E-state index < -0.39 is 0 Å². The van der Waals surface area contributed by atoms with Crippen LogP contribution in [-0.2, 0) is 0 Å². The van der Waals surface area contributed by atoms with Crippen LogP contribution in [0.3, 0.4) is 0 Å². The number of benzene rings is 2. The molecule has 0 bridgehead atoms. The average molecular weight is 378 g/mol. The molecule has 0 aliphatic rings. The summed E-state index contributed by atoms with van der Waals surface area (Å²) in [6, 6.07) is 10.3. The first-order valence-electron chi connectivity index (χ1n) is 8.68. The van der Waals surface area contributed by atoms with Gasteiger partial charge in [0.2, 0.25) is 0 Å². The molecule has 4 rings (SSSR count). The van der Waals surface area contributed by atoms with Crippen LogP contribution in [0.2, 0.25) is 0 Å². The Bertz CT molecular complexity index is 1260. The van der Waals surface area contributed by atoms with Gasteiger partial charge >= 0.3 is 0 Å². The van der Waals surface area contributed by atoms with Crippen LogP contribution in [0.4, 0.5) is 0 Å². The molecule has 8 nitrogen and oxygen atoms in total. The topological polar surface area (TPSA) is 102 Å². The van der Waals surface area contributed by atoms with Gasteiger partial charge in [-0.2, -0.15) is 9.78 Å². The zero-order valence-electron chi connectivity index (χ0n) is 15.3. The van der Waals surface area contributed by atoms with Crippen molar-refractivity contribution in [3.63, 3.8) is 0 Å². The molecule has 0 saturated heterocycles. The number of phenols is 1. The lowest BCUT2D eigenvalue weighted by atomic mass is 10.2. The number of nitrogens with one attached hydrogen (secondary N) is 1. The molecule has 0 aliphatic heterocycles. The van der Waals surface area contributed by atoms with E-state index in [0.29, 0.717) is 34.7 Å². The molecule has 2 heterocycles. The normalized spacial score (nSPS) is 11.5. The van der Waals surface area contributed by atoms with Crippen LogP contribution in [0.1, 0.15) is 12.5 Å². The minimum atomic E-state index is -0.319. The summed E-state index contributed by atoms with van der Waals surface area (Å²) in [5.41, 5.74) is 2.08. The largest absolute Gasteiger partial charge is 0.504 e. The summed E-state index contributed by atoms with van der Waals surface area (Å²) >= 11 is 0. The van der Waals surface area contributed by atoms with Crippen molar-refractivity contribution >= 4 is 28.2 Å². The number of rotatable bonds is 5. The van der Waals surface area contributed by atoms with Gasteiger partial charge in [-0.15, -0.1) is 0 Å². The molecule has 0 fully saturated rings. The van der Waals surface area contributed by atoms with E-state index in [1.54, 1.807) is 19.2 Å². The van der Waals surface area contributed by atoms with Gasteiger partial charge in [0, 0.05) is 10.9 Å². The molecule has 0 unspecified atom stereocenters. The number of fused-ring (bicyclic) bond motifs is 3. The minimum Gasteiger partial charge on any atom is -0.504 e. The van der Waals surface area contributed by atoms with Crippen molar-refractivity contribution < 1.29 is 14.6 Å². The molecule has 2 aromatic carbocycles. The quantitative estimate of drug-likeness (QED) is 0.520. The third-order valence-electron chi connectivity index (χ3n) is 4.31. The monoisotopic (exact) mass is 378 g/mol. The molecule has 28 heavy (non-hydrogen) atoms. The molecular weight excluding hydrogens is 360 g/mol. The first kappa shape index (κ1) is 17.6. The summed E-state index contributed by atoms with van der Waals surface area (Å²) in [6.07, 6.45) is 2.88. The Hall–Kier alpha value is -3.81. The van der Waals surface area contributed by atoms with E-state index in [2.05, 4.69) is 15.1 Å². The highest BCUT2D eigenvalue weighted by atomic mass is 16.5. The van der Waals surface area contributed by atoms with Gasteiger partial charge < -0.3 is 19.6 Å². The van der Waals surface area contributed by atoms with E-state index in [-0.39, 0.29) is 11.3 Å². The van der Waals surface area contributed by atoms with Gasteiger partial charge in [-0.1, -0.05) is 0 Å². The Balaban J connectivity index is 1.74. The number of aromatic amines is 1. The predicted molar refractivity (Wildman–Crippen MR) is 107 cm³/mol. The molecule has 2 aromatic heterocycles. The maximum absolute atomic E-state index is 12.8. The molecule has 0 atom stereocenters. The summed E-state index contributed by atoms with van der Waals surface area (Å²) in [7, 11) is 1.59. The van der Waals surface area contributed by atoms with Crippen molar-refractivity contribution in [3.8, 4) is 17.2 Å². The lowest BCUT2D eigenvalue weighted by Gasteiger charge is -2.06. The molecular formula is C20H18N4O4. The molecule has 0 spiro atoms. The second-order valence-corrected chi connectivity index (χ2v) is 6.06. The van der Waals surface area contributed by atoms with Crippen LogP contribution in [0.25, 0.3) is 21.9 Å². The second-order valence-electron chi connectivity index (χ2n) is 6.06. The number of methoxy groups -OCH3 is 1. The Morgan fingerprint density at radius 1 is 1.29 bits per heavy atom. The van der Waals surface area contributed by atoms with Crippen molar-refractivity contribution in [3.05, 3.63) is 58.6 Å². The number of hydrogen-bond donors (Lipinski definition) is 2. The van der Waals surface area contributed by atoms with E-state index in [9.17, 15) is 9.90 Å². The Labute approximate surface area is 159 Å². The zero-order chi connectivity index (χ0) is 19.7. The highest BCUT2D eigenvalue weighted by Gasteiger charge is 2.11. The average Bonchev–Trinajstić information content (AvgIpc) is 3.08. The number of nitrogens with zero attached hydrogens (tertiary/aromatic N) is 3. The van der Waals surface area contributed by atoms with Gasteiger partial charge in [-0.25, -0.2) is 4.98 Å². The van der Waals surface area contributed by atoms with Crippen molar-refractivity contribution in [2.75, 3.05) is 13.7 Å². The van der Waals surface area contributed by atoms with E-state index in [1.165, 1.54) is 18.6 Å². The molecule has 142 valence electrons. The number of ether oxygens (including phenoxy) is 2. The van der Waals surface area contributed by atoms with Crippen molar-refractivity contribution in [2.24, 2.45) is 5.10 Å². The molecule has 0 amide bonds. The van der Waals surface area contributed by atoms with E-state index >= 15 is 0 Å². The van der Waals surface area contributed by atoms with Gasteiger partial charge in [0.1, 0.15) is 23.1 Å². The summed E-state index contributed by atoms with van der Waals surface area (Å²) in [4.78, 5) is 20.2. The lowest BCUT2D eigenvalue weighted by molar-refractivity contribution is 0.318. The van der Waals surface area contributed by atoms with Crippen LogP contribution >= 0.6 is 0 Å². The summed E-state index contributed by atoms with van der Waals surface area (Å²) in [6.45, 7) is 2.26. The highest BCUT2D eigenvalue weighted by Crippen LogP contribution is 2.27. The summed E-state index contributed by atoms with van der Waals surface area (Å²) in [5.74, 6) is 1.10. The lowest BCUT2D eigenvalue weighted by Crippen LogP contribution is -2.17. The van der Waals surface area contributed by atoms with Crippen LogP contribution in [-0.4, -0.2) is 39.7 Å². The van der Waals surface area contributed by atoms with Gasteiger partial charge in [0.05, 0.1) is 19.9 Å². The van der Waals surface area contributed by atoms with Crippen LogP contribution in [0.5, 0.6) is 17.2 Å². The first-order chi connectivity index (χ1) is 13.6. The third-order valence-corrected chi connectivity index (χ3v) is 4.31. The maximum atomic E-state index is 12.8. The van der Waals surface area contributed by atoms with Crippen molar-refractivity contribution in [2.45, 2.75) is 6.92 Å². The fraction of sp³-hybridized carbons (Fsp3) is 0.150. The number of hydrogen-bond acceptors (Lipinski definition) is 6. The number of aromatic nitrogens is 3. The standard InChI is InChI=1S/C20H18N4O4/c1-3-28-17-8-12(4-7-16(17)25)10-22-24-11-21-18-14-9-13(27-2)5-6-15(14)23-19(18)20(24)26/h4-11,23,25H,3H2,1-2H3/b22-10+. The minimum absolute atomic E-state index is 0.0488. The van der Waals surface area contributed by atoms with Crippen LogP contribution in [0, 0.1) is 0 Å². The zero-order valence-corrected chi connectivity index (χ0v) is 15.3. The Morgan fingerprint density at radius 2 is 2.14 bits per heavy atom. The fourth-order valence-electron chi connectivity index (χ4n) is 2.95. The first-order valence-corrected chi connectivity index (χ1v) is 8.68. The van der Waals surface area contributed by atoms with E-state index in [4.69, 9.17) is 9.47 Å². The SMILES string of the molecule is CCOc1cc(/C=N/n2cnc3c([nH]c4ccc(OC)cc43)c2=O)ccc1O. The number of aromatic hydroxyl groups is 1. The maximum Gasteiger partial charge on any atom is 0.298 e. The van der Waals surface area contributed by atoms with Crippen LogP contribution in [0.15, 0.2) is 52.6 Å². The fourth-order valence-corrected chi connectivity index (χ4v) is 2.95. The molecule has 4 aromatic rings. The number of H-pyrrole nitrogens is 1. The Kier molecular flexibility index (Phi) is 4.44. The third kappa shape index (κ3) is 3.05. The molecule has 0 aliphatic carbocycles. The number of phenolic OH excluding ortho intramolecular Hbond substituents is 1. The highest BCUT2D eigenvalue weighted by molar-refractivity contribution is 6.04. The molecule has 8 heteroatoms. The van der Waals surface area contributed by atoms with Crippen LogP contribution < -0.4 is 15.0 Å². The van der Waals surface area contributed by atoms with Gasteiger partial charge in [-0.05, 0) is 48.9 Å². The van der Waals surface area contributed by atoms with Crippen molar-refractivity contribution in [1.82, 2.24) is 14.6 Å². The summed E-state index contributed by atoms with van der Waals surface area (Å²) < 4.78 is 11.8. The predicted octanol–water partition coefficient (Wildman–Crippen LogP) is 2.87. The van der Waals surface area contributed by atoms with Gasteiger partial charge in [0.25, 0.3) is 5.56 Å². The Morgan fingerprint density at radius 3 is 2.93 bits per heavy atom. The molecule has 2 N–H and O–H groups in total. The van der Waals surface area contributed by atoms with E-state index in [0.717, 1.165) is 15.6 Å².